The van der Waals surface area contributed by atoms with Gasteiger partial charge in [-0.05, 0) is 24.3 Å². The van der Waals surface area contributed by atoms with Gasteiger partial charge in [-0.1, -0.05) is 48.2 Å². The Morgan fingerprint density at radius 1 is 1.15 bits per heavy atom. The molecule has 8 heteroatoms. The first kappa shape index (κ1) is 22.2. The third kappa shape index (κ3) is 3.94. The van der Waals surface area contributed by atoms with Gasteiger partial charge >= 0.3 is 0 Å². The molecule has 0 spiro atoms. The molecule has 174 valence electrons. The van der Waals surface area contributed by atoms with Crippen LogP contribution in [0, 0.1) is 0 Å². The van der Waals surface area contributed by atoms with Crippen LogP contribution in [0.2, 0.25) is 0 Å². The smallest absolute Gasteiger partial charge is 0.247 e. The van der Waals surface area contributed by atoms with Gasteiger partial charge in [0.1, 0.15) is 17.6 Å². The van der Waals surface area contributed by atoms with Crippen molar-refractivity contribution < 1.29 is 18.7 Å². The SMILES string of the molecule is COc1ccccc1CNC(=O)[C@H]1c2c(n(C)c3ccccc23)SCC(=O)N1Cc1ccco1. The Kier molecular flexibility index (Phi) is 6.06. The van der Waals surface area contributed by atoms with E-state index >= 15 is 0 Å². The Morgan fingerprint density at radius 3 is 2.74 bits per heavy atom. The molecule has 0 unspecified atom stereocenters. The summed E-state index contributed by atoms with van der Waals surface area (Å²) in [5.41, 5.74) is 2.73. The van der Waals surface area contributed by atoms with Crippen molar-refractivity contribution in [2.45, 2.75) is 24.2 Å². The molecule has 0 bridgehead atoms. The lowest BCUT2D eigenvalue weighted by molar-refractivity contribution is -0.139. The Morgan fingerprint density at radius 2 is 1.94 bits per heavy atom. The van der Waals surface area contributed by atoms with Crippen LogP contribution in [-0.2, 0) is 29.7 Å². The summed E-state index contributed by atoms with van der Waals surface area (Å²) in [6.07, 6.45) is 1.58. The highest BCUT2D eigenvalue weighted by atomic mass is 32.2. The standard InChI is InChI=1S/C26H25N3O4S/c1-28-20-11-5-4-10-19(20)23-24(25(31)27-14-17-8-3-6-12-21(17)32-2)29(15-18-9-7-13-33-18)22(30)16-34-26(23)28/h3-13,24H,14-16H2,1-2H3,(H,27,31)/t24-/m1/s1. The summed E-state index contributed by atoms with van der Waals surface area (Å²) in [6, 6.07) is 18.4. The highest BCUT2D eigenvalue weighted by molar-refractivity contribution is 8.00. The topological polar surface area (TPSA) is 76.7 Å². The summed E-state index contributed by atoms with van der Waals surface area (Å²) >= 11 is 1.47. The van der Waals surface area contributed by atoms with Gasteiger partial charge in [0, 0.05) is 35.6 Å². The van der Waals surface area contributed by atoms with E-state index in [2.05, 4.69) is 9.88 Å². The summed E-state index contributed by atoms with van der Waals surface area (Å²) in [5.74, 6) is 1.22. The van der Waals surface area contributed by atoms with E-state index in [0.29, 0.717) is 11.5 Å². The summed E-state index contributed by atoms with van der Waals surface area (Å²) < 4.78 is 13.0. The largest absolute Gasteiger partial charge is 0.496 e. The molecule has 2 aromatic heterocycles. The second-order valence-corrected chi connectivity index (χ2v) is 9.08. The van der Waals surface area contributed by atoms with Gasteiger partial charge in [-0.25, -0.2) is 0 Å². The van der Waals surface area contributed by atoms with Crippen molar-refractivity contribution in [3.8, 4) is 5.75 Å². The average Bonchev–Trinajstić information content (AvgIpc) is 3.44. The zero-order chi connectivity index (χ0) is 23.7. The van der Waals surface area contributed by atoms with Gasteiger partial charge in [-0.3, -0.25) is 9.59 Å². The molecule has 34 heavy (non-hydrogen) atoms. The predicted molar refractivity (Wildman–Crippen MR) is 130 cm³/mol. The number of ether oxygens (including phenoxy) is 1. The number of furan rings is 1. The molecular weight excluding hydrogens is 450 g/mol. The number of rotatable bonds is 6. The van der Waals surface area contributed by atoms with Gasteiger partial charge in [0.25, 0.3) is 0 Å². The molecule has 0 fully saturated rings. The maximum atomic E-state index is 13.8. The number of nitrogens with one attached hydrogen (secondary N) is 1. The molecule has 7 nitrogen and oxygen atoms in total. The third-order valence-corrected chi connectivity index (χ3v) is 7.29. The van der Waals surface area contributed by atoms with Gasteiger partial charge in [-0.2, -0.15) is 0 Å². The minimum Gasteiger partial charge on any atom is -0.496 e. The number of carbonyl (C=O) groups excluding carboxylic acids is 2. The average molecular weight is 476 g/mol. The van der Waals surface area contributed by atoms with Crippen LogP contribution < -0.4 is 10.1 Å². The molecule has 5 rings (SSSR count). The molecule has 0 radical (unpaired) electrons. The van der Waals surface area contributed by atoms with Gasteiger partial charge in [0.15, 0.2) is 0 Å². The Bertz CT molecular complexity index is 1350. The molecule has 0 saturated carbocycles. The van der Waals surface area contributed by atoms with Gasteiger partial charge in [0.2, 0.25) is 11.8 Å². The molecule has 2 amide bonds. The number of aromatic nitrogens is 1. The maximum absolute atomic E-state index is 13.8. The van der Waals surface area contributed by atoms with E-state index in [4.69, 9.17) is 9.15 Å². The molecule has 3 heterocycles. The van der Waals surface area contributed by atoms with E-state index in [1.165, 1.54) is 11.8 Å². The van der Waals surface area contributed by atoms with Crippen LogP contribution in [0.5, 0.6) is 5.75 Å². The molecule has 0 aliphatic carbocycles. The summed E-state index contributed by atoms with van der Waals surface area (Å²) in [6.45, 7) is 0.497. The number of thioether (sulfide) groups is 1. The first-order valence-electron chi connectivity index (χ1n) is 11.0. The molecule has 0 saturated heterocycles. The fraction of sp³-hybridized carbons (Fsp3) is 0.231. The van der Waals surface area contributed by atoms with Gasteiger partial charge in [0.05, 0.1) is 30.7 Å². The number of benzene rings is 2. The van der Waals surface area contributed by atoms with Crippen molar-refractivity contribution in [2.24, 2.45) is 7.05 Å². The number of para-hydroxylation sites is 2. The van der Waals surface area contributed by atoms with Crippen molar-refractivity contribution in [2.75, 3.05) is 12.9 Å². The lowest BCUT2D eigenvalue weighted by atomic mass is 10.0. The molecule has 1 N–H and O–H groups in total. The van der Waals surface area contributed by atoms with E-state index in [0.717, 1.165) is 27.1 Å². The number of aryl methyl sites for hydroxylation is 1. The van der Waals surface area contributed by atoms with Crippen molar-refractivity contribution in [1.82, 2.24) is 14.8 Å². The molecule has 1 atom stereocenters. The third-order valence-electron chi connectivity index (χ3n) is 6.13. The number of fused-ring (bicyclic) bond motifs is 3. The van der Waals surface area contributed by atoms with Crippen LogP contribution in [0.4, 0.5) is 0 Å². The molecular formula is C26H25N3O4S. The van der Waals surface area contributed by atoms with E-state index < -0.39 is 6.04 Å². The zero-order valence-electron chi connectivity index (χ0n) is 19.0. The molecule has 1 aliphatic heterocycles. The normalized spacial score (nSPS) is 15.8. The second-order valence-electron chi connectivity index (χ2n) is 8.12. The monoisotopic (exact) mass is 475 g/mol. The number of nitrogens with zero attached hydrogens (tertiary/aromatic N) is 2. The van der Waals surface area contributed by atoms with Crippen LogP contribution in [0.15, 0.2) is 76.4 Å². The van der Waals surface area contributed by atoms with Crippen molar-refractivity contribution in [1.29, 1.82) is 0 Å². The number of methoxy groups -OCH3 is 1. The van der Waals surface area contributed by atoms with Crippen molar-refractivity contribution in [3.05, 3.63) is 83.8 Å². The fourth-order valence-electron chi connectivity index (χ4n) is 4.50. The number of amides is 2. The highest BCUT2D eigenvalue weighted by Gasteiger charge is 2.39. The van der Waals surface area contributed by atoms with Gasteiger partial charge in [-0.15, -0.1) is 0 Å². The first-order chi connectivity index (χ1) is 16.6. The zero-order valence-corrected chi connectivity index (χ0v) is 19.8. The quantitative estimate of drug-likeness (QED) is 0.451. The van der Waals surface area contributed by atoms with Crippen LogP contribution in [0.1, 0.15) is 22.9 Å². The van der Waals surface area contributed by atoms with E-state index in [9.17, 15) is 9.59 Å². The van der Waals surface area contributed by atoms with Crippen molar-refractivity contribution >= 4 is 34.5 Å². The van der Waals surface area contributed by atoms with Gasteiger partial charge < -0.3 is 23.9 Å². The Labute approximate surface area is 201 Å². The minimum atomic E-state index is -0.802. The highest BCUT2D eigenvalue weighted by Crippen LogP contribution is 2.42. The summed E-state index contributed by atoms with van der Waals surface area (Å²) in [7, 11) is 3.58. The number of hydrogen-bond donors (Lipinski definition) is 1. The van der Waals surface area contributed by atoms with Crippen LogP contribution >= 0.6 is 11.8 Å². The minimum absolute atomic E-state index is 0.112. The Balaban J connectivity index is 1.58. The molecule has 4 aromatic rings. The van der Waals surface area contributed by atoms with E-state index in [-0.39, 0.29) is 30.7 Å². The molecule has 1 aliphatic rings. The first-order valence-corrected chi connectivity index (χ1v) is 12.0. The van der Waals surface area contributed by atoms with Crippen LogP contribution in [-0.4, -0.2) is 34.1 Å². The molecule has 2 aromatic carbocycles. The lowest BCUT2D eigenvalue weighted by Crippen LogP contribution is -2.43. The maximum Gasteiger partial charge on any atom is 0.247 e. The van der Waals surface area contributed by atoms with Crippen molar-refractivity contribution in [3.63, 3.8) is 0 Å². The van der Waals surface area contributed by atoms with E-state index in [1.807, 2.05) is 61.6 Å². The summed E-state index contributed by atoms with van der Waals surface area (Å²) in [4.78, 5) is 28.8. The predicted octanol–water partition coefficient (Wildman–Crippen LogP) is 4.27. The number of carbonyl (C=O) groups is 2. The Hall–Kier alpha value is -3.65. The lowest BCUT2D eigenvalue weighted by Gasteiger charge is -2.29. The van der Waals surface area contributed by atoms with E-state index in [1.54, 1.807) is 24.3 Å². The van der Waals surface area contributed by atoms with Crippen LogP contribution in [0.3, 0.4) is 0 Å². The second kappa shape index (κ2) is 9.30. The fourth-order valence-corrected chi connectivity index (χ4v) is 5.60. The summed E-state index contributed by atoms with van der Waals surface area (Å²) in [5, 5.41) is 4.94. The number of hydrogen-bond acceptors (Lipinski definition) is 5. The van der Waals surface area contributed by atoms with Crippen LogP contribution in [0.25, 0.3) is 10.9 Å².